The van der Waals surface area contributed by atoms with Crippen LogP contribution in [0.15, 0.2) is 22.7 Å². The number of carbonyl (C=O) groups is 1. The van der Waals surface area contributed by atoms with E-state index in [1.54, 1.807) is 12.1 Å². The van der Waals surface area contributed by atoms with Gasteiger partial charge in [-0.1, -0.05) is 16.8 Å². The van der Waals surface area contributed by atoms with Crippen LogP contribution in [0.2, 0.25) is 5.02 Å². The summed E-state index contributed by atoms with van der Waals surface area (Å²) in [5.74, 6) is -0.243. The van der Waals surface area contributed by atoms with Gasteiger partial charge in [0.05, 0.1) is 11.6 Å². The molecule has 0 radical (unpaired) electrons. The second-order valence-electron chi connectivity index (χ2n) is 3.93. The molecule has 0 saturated heterocycles. The molecule has 1 aromatic heterocycles. The number of fused-ring (bicyclic) bond motifs is 1. The highest BCUT2D eigenvalue weighted by molar-refractivity contribution is 6.33. The summed E-state index contributed by atoms with van der Waals surface area (Å²) in [6.07, 6.45) is 0. The maximum absolute atomic E-state index is 10.8. The van der Waals surface area contributed by atoms with Gasteiger partial charge in [0.25, 0.3) is 0 Å². The molecule has 7 heteroatoms. The zero-order valence-corrected chi connectivity index (χ0v) is 10.3. The van der Waals surface area contributed by atoms with Gasteiger partial charge in [-0.25, -0.2) is 4.79 Å². The topological polar surface area (TPSA) is 81.8 Å². The Labute approximate surface area is 112 Å². The molecule has 1 aromatic carbocycles. The fourth-order valence-corrected chi connectivity index (χ4v) is 2.07. The highest BCUT2D eigenvalue weighted by Crippen LogP contribution is 2.36. The lowest BCUT2D eigenvalue weighted by atomic mass is 10.1. The lowest BCUT2D eigenvalue weighted by Gasteiger charge is -2.18. The zero-order chi connectivity index (χ0) is 13.4. The molecule has 19 heavy (non-hydrogen) atoms. The van der Waals surface area contributed by atoms with Crippen molar-refractivity contribution in [1.82, 2.24) is 5.16 Å². The van der Waals surface area contributed by atoms with Crippen molar-refractivity contribution in [2.24, 2.45) is 0 Å². The molecule has 0 fully saturated rings. The molecule has 0 bridgehead atoms. The first-order chi connectivity index (χ1) is 9.15. The number of aromatic nitrogens is 1. The van der Waals surface area contributed by atoms with E-state index in [1.807, 2.05) is 0 Å². The Hall–Kier alpha value is -2.05. The molecule has 0 saturated carbocycles. The lowest BCUT2D eigenvalue weighted by Crippen LogP contribution is -2.11. The fraction of sp³-hybridized carbons (Fsp3) is 0.167. The number of halogens is 1. The van der Waals surface area contributed by atoms with Crippen molar-refractivity contribution in [3.8, 4) is 17.1 Å². The fourth-order valence-electron chi connectivity index (χ4n) is 1.79. The van der Waals surface area contributed by atoms with Crippen LogP contribution in [0.25, 0.3) is 11.3 Å². The van der Waals surface area contributed by atoms with Crippen LogP contribution in [0.1, 0.15) is 16.1 Å². The standard InChI is InChI=1S/C12H8ClNO5/c13-8-1-6-4-17-5-18-10(6)2-7(8)11-3-9(12(15)16)14-19-11/h1-3H,4-5H2,(H,15,16). The molecule has 3 rings (SSSR count). The quantitative estimate of drug-likeness (QED) is 0.911. The highest BCUT2D eigenvalue weighted by Gasteiger charge is 2.19. The van der Waals surface area contributed by atoms with E-state index < -0.39 is 5.97 Å². The average molecular weight is 282 g/mol. The van der Waals surface area contributed by atoms with Gasteiger partial charge in [0, 0.05) is 17.2 Å². The summed E-state index contributed by atoms with van der Waals surface area (Å²) in [6, 6.07) is 4.70. The first-order valence-electron chi connectivity index (χ1n) is 5.38. The molecule has 0 amide bonds. The number of hydrogen-bond donors (Lipinski definition) is 1. The molecule has 0 spiro atoms. The summed E-state index contributed by atoms with van der Waals surface area (Å²) in [5, 5.41) is 12.7. The molecule has 2 heterocycles. The van der Waals surface area contributed by atoms with Crippen molar-refractivity contribution in [2.75, 3.05) is 6.79 Å². The summed E-state index contributed by atoms with van der Waals surface area (Å²) < 4.78 is 15.5. The monoisotopic (exact) mass is 281 g/mol. The molecule has 0 aliphatic carbocycles. The van der Waals surface area contributed by atoms with Crippen LogP contribution in [0.4, 0.5) is 0 Å². The van der Waals surface area contributed by atoms with Gasteiger partial charge in [0.1, 0.15) is 5.75 Å². The maximum atomic E-state index is 10.8. The summed E-state index contributed by atoms with van der Waals surface area (Å²) in [4.78, 5) is 10.8. The Kier molecular flexibility index (Phi) is 2.88. The minimum atomic E-state index is -1.16. The van der Waals surface area contributed by atoms with E-state index in [9.17, 15) is 4.79 Å². The molecule has 1 aliphatic heterocycles. The van der Waals surface area contributed by atoms with Crippen LogP contribution in [0.3, 0.4) is 0 Å². The number of carboxylic acid groups (broad SMARTS) is 1. The van der Waals surface area contributed by atoms with Crippen molar-refractivity contribution in [1.29, 1.82) is 0 Å². The molecular formula is C12H8ClNO5. The predicted octanol–water partition coefficient (Wildman–Crippen LogP) is 2.56. The largest absolute Gasteiger partial charge is 0.476 e. The summed E-state index contributed by atoms with van der Waals surface area (Å²) in [6.45, 7) is 0.594. The maximum Gasteiger partial charge on any atom is 0.358 e. The first-order valence-corrected chi connectivity index (χ1v) is 5.76. The van der Waals surface area contributed by atoms with E-state index in [0.717, 1.165) is 5.56 Å². The van der Waals surface area contributed by atoms with E-state index >= 15 is 0 Å². The van der Waals surface area contributed by atoms with E-state index in [4.69, 9.17) is 30.7 Å². The third-order valence-corrected chi connectivity index (χ3v) is 3.01. The molecule has 1 N–H and O–H groups in total. The lowest BCUT2D eigenvalue weighted by molar-refractivity contribution is -0.0163. The predicted molar refractivity (Wildman–Crippen MR) is 64.2 cm³/mol. The normalized spacial score (nSPS) is 13.7. The number of aromatic carboxylic acids is 1. The first kappa shape index (κ1) is 12.0. The number of benzene rings is 1. The van der Waals surface area contributed by atoms with Gasteiger partial charge in [0.15, 0.2) is 18.2 Å². The minimum absolute atomic E-state index is 0.171. The number of hydrogen-bond acceptors (Lipinski definition) is 5. The third kappa shape index (κ3) is 2.16. The summed E-state index contributed by atoms with van der Waals surface area (Å²) >= 11 is 6.14. The Morgan fingerprint density at radius 3 is 2.95 bits per heavy atom. The van der Waals surface area contributed by atoms with Crippen LogP contribution < -0.4 is 4.74 Å². The van der Waals surface area contributed by atoms with E-state index in [2.05, 4.69) is 5.16 Å². The van der Waals surface area contributed by atoms with Gasteiger partial charge in [-0.3, -0.25) is 0 Å². The van der Waals surface area contributed by atoms with E-state index in [1.165, 1.54) is 6.07 Å². The van der Waals surface area contributed by atoms with Crippen LogP contribution >= 0.6 is 11.6 Å². The number of carboxylic acids is 1. The summed E-state index contributed by atoms with van der Waals surface area (Å²) in [5.41, 5.74) is 1.19. The Bertz CT molecular complexity index is 652. The van der Waals surface area contributed by atoms with Crippen LogP contribution in [-0.4, -0.2) is 23.0 Å². The SMILES string of the molecule is O=C(O)c1cc(-c2cc3c(cc2Cl)COCO3)on1. The highest BCUT2D eigenvalue weighted by atomic mass is 35.5. The van der Waals surface area contributed by atoms with Gasteiger partial charge < -0.3 is 19.1 Å². The van der Waals surface area contributed by atoms with Crippen molar-refractivity contribution < 1.29 is 23.9 Å². The van der Waals surface area contributed by atoms with Gasteiger partial charge in [0.2, 0.25) is 0 Å². The smallest absolute Gasteiger partial charge is 0.358 e. The Morgan fingerprint density at radius 1 is 1.37 bits per heavy atom. The number of nitrogens with zero attached hydrogens (tertiary/aromatic N) is 1. The van der Waals surface area contributed by atoms with Crippen molar-refractivity contribution in [3.63, 3.8) is 0 Å². The second kappa shape index (κ2) is 4.56. The molecule has 98 valence electrons. The van der Waals surface area contributed by atoms with Gasteiger partial charge in [-0.05, 0) is 12.1 Å². The summed E-state index contributed by atoms with van der Waals surface area (Å²) in [7, 11) is 0. The Balaban J connectivity index is 2.06. The van der Waals surface area contributed by atoms with Crippen molar-refractivity contribution in [2.45, 2.75) is 6.61 Å². The van der Waals surface area contributed by atoms with Crippen LogP contribution in [0.5, 0.6) is 5.75 Å². The second-order valence-corrected chi connectivity index (χ2v) is 4.34. The van der Waals surface area contributed by atoms with Gasteiger partial charge in [-0.15, -0.1) is 0 Å². The van der Waals surface area contributed by atoms with Crippen LogP contribution in [0, 0.1) is 0 Å². The minimum Gasteiger partial charge on any atom is -0.476 e. The van der Waals surface area contributed by atoms with Crippen molar-refractivity contribution in [3.05, 3.63) is 34.5 Å². The third-order valence-electron chi connectivity index (χ3n) is 2.70. The Morgan fingerprint density at radius 2 is 2.21 bits per heavy atom. The number of ether oxygens (including phenoxy) is 2. The van der Waals surface area contributed by atoms with Crippen molar-refractivity contribution >= 4 is 17.6 Å². The van der Waals surface area contributed by atoms with E-state index in [0.29, 0.717) is 22.9 Å². The molecule has 0 unspecified atom stereocenters. The van der Waals surface area contributed by atoms with Gasteiger partial charge >= 0.3 is 5.97 Å². The molecule has 2 aromatic rings. The zero-order valence-electron chi connectivity index (χ0n) is 9.55. The molecular weight excluding hydrogens is 274 g/mol. The van der Waals surface area contributed by atoms with Crippen LogP contribution in [-0.2, 0) is 11.3 Å². The molecule has 1 aliphatic rings. The average Bonchev–Trinajstić information content (AvgIpc) is 2.87. The van der Waals surface area contributed by atoms with Gasteiger partial charge in [-0.2, -0.15) is 0 Å². The molecule has 0 atom stereocenters. The van der Waals surface area contributed by atoms with E-state index in [-0.39, 0.29) is 18.2 Å². The molecule has 6 nitrogen and oxygen atoms in total. The number of rotatable bonds is 2.